The molecule has 1 aromatic rings. The molecule has 112 valence electrons. The SMILES string of the molecule is COc1ccc(Cl)cc1C(N)C1CN(C)CCCN1C. The van der Waals surface area contributed by atoms with Crippen LogP contribution in [0.3, 0.4) is 0 Å². The Morgan fingerprint density at radius 2 is 2.10 bits per heavy atom. The number of halogens is 1. The molecule has 20 heavy (non-hydrogen) atoms. The van der Waals surface area contributed by atoms with E-state index in [0.29, 0.717) is 5.02 Å². The van der Waals surface area contributed by atoms with Gasteiger partial charge in [0, 0.05) is 23.2 Å². The number of ether oxygens (including phenoxy) is 1. The van der Waals surface area contributed by atoms with Crippen LogP contribution < -0.4 is 10.5 Å². The quantitative estimate of drug-likeness (QED) is 0.926. The Balaban J connectivity index is 2.28. The van der Waals surface area contributed by atoms with E-state index in [0.717, 1.165) is 30.9 Å². The van der Waals surface area contributed by atoms with Gasteiger partial charge in [-0.25, -0.2) is 0 Å². The zero-order valence-corrected chi connectivity index (χ0v) is 13.2. The van der Waals surface area contributed by atoms with Crippen LogP contribution in [0.1, 0.15) is 18.0 Å². The summed E-state index contributed by atoms with van der Waals surface area (Å²) in [6.45, 7) is 3.12. The van der Waals surface area contributed by atoms with Crippen LogP contribution >= 0.6 is 11.6 Å². The fraction of sp³-hybridized carbons (Fsp3) is 0.600. The van der Waals surface area contributed by atoms with Crippen molar-refractivity contribution in [1.82, 2.24) is 9.80 Å². The smallest absolute Gasteiger partial charge is 0.123 e. The minimum absolute atomic E-state index is 0.116. The second-order valence-electron chi connectivity index (χ2n) is 5.58. The van der Waals surface area contributed by atoms with Gasteiger partial charge in [0.15, 0.2) is 0 Å². The van der Waals surface area contributed by atoms with Gasteiger partial charge in [-0.1, -0.05) is 11.6 Å². The predicted octanol–water partition coefficient (Wildman–Crippen LogP) is 1.98. The lowest BCUT2D eigenvalue weighted by Crippen LogP contribution is -2.45. The van der Waals surface area contributed by atoms with E-state index in [2.05, 4.69) is 23.9 Å². The van der Waals surface area contributed by atoms with E-state index >= 15 is 0 Å². The van der Waals surface area contributed by atoms with Crippen LogP contribution in [0.2, 0.25) is 5.02 Å². The summed E-state index contributed by atoms with van der Waals surface area (Å²) in [5.41, 5.74) is 7.51. The van der Waals surface area contributed by atoms with E-state index in [1.54, 1.807) is 7.11 Å². The molecule has 0 saturated carbocycles. The molecule has 0 aliphatic carbocycles. The Labute approximate surface area is 126 Å². The maximum atomic E-state index is 6.53. The molecule has 2 atom stereocenters. The molecule has 1 fully saturated rings. The Hall–Kier alpha value is -0.810. The molecular formula is C15H24ClN3O. The Morgan fingerprint density at radius 3 is 2.80 bits per heavy atom. The summed E-state index contributed by atoms with van der Waals surface area (Å²) in [4.78, 5) is 4.68. The van der Waals surface area contributed by atoms with Crippen LogP contribution in [0.25, 0.3) is 0 Å². The van der Waals surface area contributed by atoms with Gasteiger partial charge in [-0.2, -0.15) is 0 Å². The summed E-state index contributed by atoms with van der Waals surface area (Å²) in [6.07, 6.45) is 1.17. The molecule has 2 N–H and O–H groups in total. The van der Waals surface area contributed by atoms with Crippen molar-refractivity contribution in [3.8, 4) is 5.75 Å². The van der Waals surface area contributed by atoms with Gasteiger partial charge in [-0.05, 0) is 51.8 Å². The number of likely N-dealkylation sites (N-methyl/N-ethyl adjacent to an activating group) is 2. The molecule has 2 rings (SSSR count). The van der Waals surface area contributed by atoms with Crippen LogP contribution in [0.15, 0.2) is 18.2 Å². The third-order valence-electron chi connectivity index (χ3n) is 4.08. The van der Waals surface area contributed by atoms with Gasteiger partial charge < -0.3 is 20.3 Å². The van der Waals surface area contributed by atoms with Crippen LogP contribution in [-0.4, -0.2) is 56.7 Å². The van der Waals surface area contributed by atoms with Crippen molar-refractivity contribution >= 4 is 11.6 Å². The zero-order chi connectivity index (χ0) is 14.7. The zero-order valence-electron chi connectivity index (χ0n) is 12.5. The molecule has 0 amide bonds. The summed E-state index contributed by atoms with van der Waals surface area (Å²) < 4.78 is 5.43. The first-order valence-corrected chi connectivity index (χ1v) is 7.38. The van der Waals surface area contributed by atoms with Crippen molar-refractivity contribution in [1.29, 1.82) is 0 Å². The van der Waals surface area contributed by atoms with E-state index < -0.39 is 0 Å². The second kappa shape index (κ2) is 6.76. The number of rotatable bonds is 3. The first-order chi connectivity index (χ1) is 9.52. The van der Waals surface area contributed by atoms with Gasteiger partial charge in [0.2, 0.25) is 0 Å². The predicted molar refractivity (Wildman–Crippen MR) is 83.5 cm³/mol. The van der Waals surface area contributed by atoms with Crippen LogP contribution in [-0.2, 0) is 0 Å². The molecular weight excluding hydrogens is 274 g/mol. The van der Waals surface area contributed by atoms with Crippen molar-refractivity contribution in [3.63, 3.8) is 0 Å². The summed E-state index contributed by atoms with van der Waals surface area (Å²) in [5, 5.41) is 0.695. The van der Waals surface area contributed by atoms with Crippen molar-refractivity contribution in [3.05, 3.63) is 28.8 Å². The number of hydrogen-bond acceptors (Lipinski definition) is 4. The molecule has 0 radical (unpaired) electrons. The standard InChI is InChI=1S/C15H24ClN3O/c1-18-7-4-8-19(2)13(10-18)15(17)12-9-11(16)5-6-14(12)20-3/h5-6,9,13,15H,4,7-8,10,17H2,1-3H3. The fourth-order valence-electron chi connectivity index (χ4n) is 2.87. The lowest BCUT2D eigenvalue weighted by atomic mass is 9.98. The third-order valence-corrected chi connectivity index (χ3v) is 4.32. The summed E-state index contributed by atoms with van der Waals surface area (Å²) in [6, 6.07) is 5.78. The molecule has 5 heteroatoms. The third kappa shape index (κ3) is 3.44. The maximum Gasteiger partial charge on any atom is 0.123 e. The molecule has 1 heterocycles. The summed E-state index contributed by atoms with van der Waals surface area (Å²) in [7, 11) is 5.96. The highest BCUT2D eigenvalue weighted by molar-refractivity contribution is 6.30. The first kappa shape index (κ1) is 15.6. The van der Waals surface area contributed by atoms with Gasteiger partial charge >= 0.3 is 0 Å². The molecule has 1 aliphatic rings. The van der Waals surface area contributed by atoms with E-state index in [1.165, 1.54) is 6.42 Å². The van der Waals surface area contributed by atoms with Gasteiger partial charge in [0.25, 0.3) is 0 Å². The number of benzene rings is 1. The van der Waals surface area contributed by atoms with Gasteiger partial charge in [0.1, 0.15) is 5.75 Å². The highest BCUT2D eigenvalue weighted by Gasteiger charge is 2.28. The van der Waals surface area contributed by atoms with Gasteiger partial charge in [0.05, 0.1) is 13.2 Å². The van der Waals surface area contributed by atoms with E-state index in [-0.39, 0.29) is 12.1 Å². The van der Waals surface area contributed by atoms with Crippen LogP contribution in [0.5, 0.6) is 5.75 Å². The number of methoxy groups -OCH3 is 1. The van der Waals surface area contributed by atoms with Crippen molar-refractivity contribution in [2.24, 2.45) is 5.73 Å². The monoisotopic (exact) mass is 297 g/mol. The minimum Gasteiger partial charge on any atom is -0.496 e. The topological polar surface area (TPSA) is 41.7 Å². The number of hydrogen-bond donors (Lipinski definition) is 1. The lowest BCUT2D eigenvalue weighted by molar-refractivity contribution is 0.195. The first-order valence-electron chi connectivity index (χ1n) is 7.00. The van der Waals surface area contributed by atoms with Crippen LogP contribution in [0.4, 0.5) is 0 Å². The van der Waals surface area contributed by atoms with Gasteiger partial charge in [-0.15, -0.1) is 0 Å². The Kier molecular flexibility index (Phi) is 5.27. The van der Waals surface area contributed by atoms with Crippen LogP contribution in [0, 0.1) is 0 Å². The minimum atomic E-state index is -0.116. The van der Waals surface area contributed by atoms with Crippen molar-refractivity contribution < 1.29 is 4.74 Å². The average molecular weight is 298 g/mol. The molecule has 0 aromatic heterocycles. The molecule has 2 unspecified atom stereocenters. The molecule has 1 aromatic carbocycles. The number of nitrogens with two attached hydrogens (primary N) is 1. The fourth-order valence-corrected chi connectivity index (χ4v) is 3.05. The Morgan fingerprint density at radius 1 is 1.35 bits per heavy atom. The number of nitrogens with zero attached hydrogens (tertiary/aromatic N) is 2. The highest BCUT2D eigenvalue weighted by atomic mass is 35.5. The normalized spacial score (nSPS) is 23.4. The second-order valence-corrected chi connectivity index (χ2v) is 6.01. The molecule has 0 spiro atoms. The molecule has 0 bridgehead atoms. The summed E-state index contributed by atoms with van der Waals surface area (Å²) >= 11 is 6.12. The van der Waals surface area contributed by atoms with Crippen molar-refractivity contribution in [2.75, 3.05) is 40.8 Å². The van der Waals surface area contributed by atoms with E-state index in [4.69, 9.17) is 22.1 Å². The van der Waals surface area contributed by atoms with E-state index in [9.17, 15) is 0 Å². The Bertz CT molecular complexity index is 455. The highest BCUT2D eigenvalue weighted by Crippen LogP contribution is 2.31. The molecule has 4 nitrogen and oxygen atoms in total. The van der Waals surface area contributed by atoms with Gasteiger partial charge in [-0.3, -0.25) is 0 Å². The summed E-state index contributed by atoms with van der Waals surface area (Å²) in [5.74, 6) is 0.808. The molecule has 1 aliphatic heterocycles. The maximum absolute atomic E-state index is 6.53. The molecule has 1 saturated heterocycles. The van der Waals surface area contributed by atoms with E-state index in [1.807, 2.05) is 18.2 Å². The largest absolute Gasteiger partial charge is 0.496 e. The lowest BCUT2D eigenvalue weighted by Gasteiger charge is -2.33. The average Bonchev–Trinajstić information content (AvgIpc) is 2.59. The van der Waals surface area contributed by atoms with Crippen molar-refractivity contribution in [2.45, 2.75) is 18.5 Å².